The number of carbonyl (C=O) groups excluding carboxylic acids is 3. The second kappa shape index (κ2) is 15.5. The van der Waals surface area contributed by atoms with Gasteiger partial charge >= 0.3 is 18.7 Å². The quantitative estimate of drug-likeness (QED) is 0.153. The van der Waals surface area contributed by atoms with Crippen molar-refractivity contribution in [2.75, 3.05) is 6.61 Å². The monoisotopic (exact) mass is 708 g/mol. The van der Waals surface area contributed by atoms with Crippen molar-refractivity contribution in [1.82, 2.24) is 20.9 Å². The number of halogens is 4. The third-order valence-electron chi connectivity index (χ3n) is 7.11. The van der Waals surface area contributed by atoms with Crippen molar-refractivity contribution >= 4 is 23.9 Å². The van der Waals surface area contributed by atoms with Crippen LogP contribution in [0.2, 0.25) is 0 Å². The predicted molar refractivity (Wildman–Crippen MR) is 166 cm³/mol. The highest BCUT2D eigenvalue weighted by Gasteiger charge is 2.33. The van der Waals surface area contributed by atoms with E-state index in [1.54, 1.807) is 20.8 Å². The highest BCUT2D eigenvalue weighted by atomic mass is 19.3. The SMILES string of the molecule is CC(NC(=O)C(NC(=O)c1nc(-c2ccc(OC(F)F)c(OCC3CC3)c2)oc1C(C)NC(=O)OC(C)(C)C)c1ccc(F)cc1F)C(=O)O. The summed E-state index contributed by atoms with van der Waals surface area (Å²) in [4.78, 5) is 55.3. The summed E-state index contributed by atoms with van der Waals surface area (Å²) in [7, 11) is 0. The maximum absolute atomic E-state index is 14.9. The standard InChI is InChI=1S/C33H36F4N4O9/c1-15(39-32(46)50-33(3,4)5)26-25(28(43)40-24(27(42)38-16(2)30(44)45)20-10-9-19(34)13-21(20)35)41-29(49-26)18-8-11-22(48-31(36)37)23(12-18)47-14-17-6-7-17/h8-13,15-17,24,31H,6-7,14H2,1-5H3,(H,38,42)(H,39,46)(H,40,43)(H,44,45). The number of amides is 3. The minimum atomic E-state index is -3.15. The number of aromatic nitrogens is 1. The largest absolute Gasteiger partial charge is 0.489 e. The number of benzene rings is 2. The van der Waals surface area contributed by atoms with Crippen LogP contribution in [0.1, 0.15) is 81.4 Å². The van der Waals surface area contributed by atoms with E-state index < -0.39 is 77.1 Å². The number of alkyl halides is 2. The molecule has 17 heteroatoms. The Morgan fingerprint density at radius 1 is 1.00 bits per heavy atom. The van der Waals surface area contributed by atoms with Crippen molar-refractivity contribution in [3.05, 3.63) is 65.1 Å². The number of hydrogen-bond acceptors (Lipinski definition) is 9. The second-order valence-electron chi connectivity index (χ2n) is 12.5. The van der Waals surface area contributed by atoms with Gasteiger partial charge in [0.15, 0.2) is 23.0 Å². The minimum absolute atomic E-state index is 0.0588. The highest BCUT2D eigenvalue weighted by molar-refractivity contribution is 5.98. The van der Waals surface area contributed by atoms with Crippen molar-refractivity contribution < 1.29 is 60.5 Å². The van der Waals surface area contributed by atoms with Crippen LogP contribution in [-0.2, 0) is 14.3 Å². The zero-order valence-corrected chi connectivity index (χ0v) is 27.6. The Labute approximate surface area is 283 Å². The summed E-state index contributed by atoms with van der Waals surface area (Å²) in [6, 6.07) is 1.52. The summed E-state index contributed by atoms with van der Waals surface area (Å²) in [6.45, 7) is 4.50. The predicted octanol–water partition coefficient (Wildman–Crippen LogP) is 5.66. The lowest BCUT2D eigenvalue weighted by molar-refractivity contribution is -0.141. The molecule has 270 valence electrons. The molecule has 1 fully saturated rings. The zero-order chi connectivity index (χ0) is 36.9. The number of carbonyl (C=O) groups is 4. The van der Waals surface area contributed by atoms with E-state index in [9.17, 15) is 41.8 Å². The first kappa shape index (κ1) is 37.5. The molecule has 1 aromatic heterocycles. The molecule has 2 aromatic carbocycles. The number of aliphatic carboxylic acids is 1. The van der Waals surface area contributed by atoms with Crippen molar-refractivity contribution in [2.24, 2.45) is 5.92 Å². The Morgan fingerprint density at radius 2 is 1.70 bits per heavy atom. The molecule has 50 heavy (non-hydrogen) atoms. The number of nitrogens with one attached hydrogen (secondary N) is 3. The fourth-order valence-electron chi connectivity index (χ4n) is 4.48. The third-order valence-corrected chi connectivity index (χ3v) is 7.11. The maximum Gasteiger partial charge on any atom is 0.408 e. The van der Waals surface area contributed by atoms with Crippen LogP contribution in [0.25, 0.3) is 11.5 Å². The molecule has 0 bridgehead atoms. The average Bonchev–Trinajstić information content (AvgIpc) is 3.73. The molecule has 0 spiro atoms. The van der Waals surface area contributed by atoms with Gasteiger partial charge in [-0.2, -0.15) is 8.78 Å². The van der Waals surface area contributed by atoms with E-state index in [2.05, 4.69) is 25.7 Å². The van der Waals surface area contributed by atoms with E-state index in [1.807, 2.05) is 0 Å². The first-order valence-corrected chi connectivity index (χ1v) is 15.4. The van der Waals surface area contributed by atoms with Gasteiger partial charge in [0.2, 0.25) is 11.8 Å². The summed E-state index contributed by atoms with van der Waals surface area (Å²) in [5, 5.41) is 16.2. The summed E-state index contributed by atoms with van der Waals surface area (Å²) in [6.07, 6.45) is 0.919. The second-order valence-corrected chi connectivity index (χ2v) is 12.5. The van der Waals surface area contributed by atoms with Crippen molar-refractivity contribution in [3.63, 3.8) is 0 Å². The number of nitrogens with zero attached hydrogens (tertiary/aromatic N) is 1. The Hall–Kier alpha value is -5.35. The lowest BCUT2D eigenvalue weighted by Crippen LogP contribution is -2.46. The van der Waals surface area contributed by atoms with Crippen LogP contribution in [0.5, 0.6) is 11.5 Å². The summed E-state index contributed by atoms with van der Waals surface area (Å²) in [5.74, 6) is -6.54. The van der Waals surface area contributed by atoms with Crippen LogP contribution in [0.3, 0.4) is 0 Å². The average molecular weight is 709 g/mol. The van der Waals surface area contributed by atoms with Gasteiger partial charge in [-0.15, -0.1) is 0 Å². The Bertz CT molecular complexity index is 1740. The first-order valence-electron chi connectivity index (χ1n) is 15.4. The number of rotatable bonds is 14. The van der Waals surface area contributed by atoms with E-state index in [4.69, 9.17) is 13.9 Å². The van der Waals surface area contributed by atoms with Gasteiger partial charge in [0.1, 0.15) is 29.3 Å². The lowest BCUT2D eigenvalue weighted by atomic mass is 10.0. The molecule has 1 saturated carbocycles. The van der Waals surface area contributed by atoms with Gasteiger partial charge < -0.3 is 39.7 Å². The summed E-state index contributed by atoms with van der Waals surface area (Å²) >= 11 is 0. The molecule has 0 aliphatic heterocycles. The number of carboxylic acids is 1. The van der Waals surface area contributed by atoms with Gasteiger partial charge in [-0.25, -0.2) is 18.6 Å². The summed E-state index contributed by atoms with van der Waals surface area (Å²) < 4.78 is 76.4. The van der Waals surface area contributed by atoms with Crippen LogP contribution in [-0.4, -0.2) is 58.8 Å². The van der Waals surface area contributed by atoms with E-state index in [-0.39, 0.29) is 41.2 Å². The van der Waals surface area contributed by atoms with Crippen LogP contribution >= 0.6 is 0 Å². The molecule has 3 atom stereocenters. The Morgan fingerprint density at radius 3 is 2.30 bits per heavy atom. The van der Waals surface area contributed by atoms with Gasteiger partial charge in [0.25, 0.3) is 5.91 Å². The smallest absolute Gasteiger partial charge is 0.408 e. The fraction of sp³-hybridized carbons (Fsp3) is 0.424. The van der Waals surface area contributed by atoms with Gasteiger partial charge in [0, 0.05) is 17.2 Å². The number of carboxylic acid groups (broad SMARTS) is 1. The molecular weight excluding hydrogens is 672 g/mol. The van der Waals surface area contributed by atoms with Crippen molar-refractivity contribution in [2.45, 2.75) is 77.8 Å². The topological polar surface area (TPSA) is 178 Å². The van der Waals surface area contributed by atoms with Crippen LogP contribution in [0.4, 0.5) is 22.4 Å². The van der Waals surface area contributed by atoms with Gasteiger partial charge in [-0.1, -0.05) is 6.07 Å². The highest BCUT2D eigenvalue weighted by Crippen LogP contribution is 2.37. The maximum atomic E-state index is 14.9. The molecule has 0 radical (unpaired) electrons. The summed E-state index contributed by atoms with van der Waals surface area (Å²) in [5.41, 5.74) is -1.78. The van der Waals surface area contributed by atoms with E-state index in [0.717, 1.165) is 31.9 Å². The molecule has 0 saturated heterocycles. The van der Waals surface area contributed by atoms with Gasteiger partial charge in [-0.05, 0) is 77.6 Å². The number of ether oxygens (including phenoxy) is 3. The van der Waals surface area contributed by atoms with E-state index in [0.29, 0.717) is 6.07 Å². The molecule has 1 aliphatic rings. The van der Waals surface area contributed by atoms with Crippen LogP contribution in [0, 0.1) is 17.6 Å². The molecule has 3 amide bonds. The van der Waals surface area contributed by atoms with E-state index in [1.165, 1.54) is 25.1 Å². The Kier molecular flexibility index (Phi) is 11.6. The van der Waals surface area contributed by atoms with Crippen LogP contribution in [0.15, 0.2) is 40.8 Å². The molecule has 4 N–H and O–H groups in total. The molecular formula is C33H36F4N4O9. The molecule has 3 aromatic rings. The van der Waals surface area contributed by atoms with Gasteiger partial charge in [-0.3, -0.25) is 14.4 Å². The number of oxazole rings is 1. The first-order chi connectivity index (χ1) is 23.4. The molecule has 1 aliphatic carbocycles. The number of alkyl carbamates (subject to hydrolysis) is 1. The third kappa shape index (κ3) is 10.1. The molecule has 4 rings (SSSR count). The van der Waals surface area contributed by atoms with Crippen molar-refractivity contribution in [1.29, 1.82) is 0 Å². The molecule has 3 unspecified atom stereocenters. The fourth-order valence-corrected chi connectivity index (χ4v) is 4.48. The minimum Gasteiger partial charge on any atom is -0.489 e. The van der Waals surface area contributed by atoms with E-state index >= 15 is 0 Å². The normalized spacial score (nSPS) is 14.7. The van der Waals surface area contributed by atoms with Crippen LogP contribution < -0.4 is 25.4 Å². The molecule has 1 heterocycles. The number of hydrogen-bond donors (Lipinski definition) is 4. The molecule has 13 nitrogen and oxygen atoms in total. The lowest BCUT2D eigenvalue weighted by Gasteiger charge is -2.22. The zero-order valence-electron chi connectivity index (χ0n) is 27.6. The Balaban J connectivity index is 1.76. The van der Waals surface area contributed by atoms with Gasteiger partial charge in [0.05, 0.1) is 12.6 Å². The van der Waals surface area contributed by atoms with Crippen molar-refractivity contribution in [3.8, 4) is 23.0 Å².